The number of ether oxygens (including phenoxy) is 1. The molecule has 0 aliphatic carbocycles. The van der Waals surface area contributed by atoms with Crippen molar-refractivity contribution in [2.75, 3.05) is 32.1 Å². The summed E-state index contributed by atoms with van der Waals surface area (Å²) in [4.78, 5) is 26.1. The van der Waals surface area contributed by atoms with E-state index in [1.54, 1.807) is 12.1 Å². The molecule has 0 saturated carbocycles. The summed E-state index contributed by atoms with van der Waals surface area (Å²) in [5.74, 6) is -1.04. The first-order chi connectivity index (χ1) is 12.8. The summed E-state index contributed by atoms with van der Waals surface area (Å²) >= 11 is 0. The molecule has 0 heterocycles. The maximum absolute atomic E-state index is 12.3. The van der Waals surface area contributed by atoms with Crippen LogP contribution in [0.1, 0.15) is 17.3 Å². The van der Waals surface area contributed by atoms with Crippen LogP contribution < -0.4 is 4.90 Å². The molecule has 2 rings (SSSR count). The largest absolute Gasteiger partial charge is 0.452 e. The van der Waals surface area contributed by atoms with Gasteiger partial charge in [-0.2, -0.15) is 0 Å². The van der Waals surface area contributed by atoms with Gasteiger partial charge in [0.15, 0.2) is 6.61 Å². The van der Waals surface area contributed by atoms with Crippen LogP contribution in [0.2, 0.25) is 0 Å². The molecule has 2 aromatic carbocycles. The molecular formula is C19H22N2O5S. The fourth-order valence-electron chi connectivity index (χ4n) is 2.37. The fraction of sp³-hybridized carbons (Fsp3) is 0.263. The number of hydrogen-bond donors (Lipinski definition) is 0. The Kier molecular flexibility index (Phi) is 6.70. The van der Waals surface area contributed by atoms with Crippen LogP contribution in [0.25, 0.3) is 0 Å². The average Bonchev–Trinajstić information content (AvgIpc) is 2.67. The quantitative estimate of drug-likeness (QED) is 0.677. The number of carbonyl (C=O) groups excluding carboxylic acids is 2. The normalized spacial score (nSPS) is 11.3. The van der Waals surface area contributed by atoms with E-state index in [0.29, 0.717) is 6.54 Å². The zero-order chi connectivity index (χ0) is 20.0. The van der Waals surface area contributed by atoms with Crippen molar-refractivity contribution in [2.45, 2.75) is 11.8 Å². The van der Waals surface area contributed by atoms with Crippen molar-refractivity contribution < 1.29 is 22.7 Å². The number of para-hydroxylation sites is 1. The van der Waals surface area contributed by atoms with Gasteiger partial charge in [-0.25, -0.2) is 17.5 Å². The smallest absolute Gasteiger partial charge is 0.338 e. The molecule has 0 radical (unpaired) electrons. The van der Waals surface area contributed by atoms with Gasteiger partial charge in [0.1, 0.15) is 0 Å². The molecule has 0 aliphatic heterocycles. The average molecular weight is 390 g/mol. The fourth-order valence-corrected chi connectivity index (χ4v) is 3.27. The lowest BCUT2D eigenvalue weighted by Crippen LogP contribution is -2.34. The van der Waals surface area contributed by atoms with Crippen LogP contribution in [-0.4, -0.2) is 51.8 Å². The maximum Gasteiger partial charge on any atom is 0.338 e. The summed E-state index contributed by atoms with van der Waals surface area (Å²) in [6.45, 7) is 1.87. The molecule has 0 N–H and O–H groups in total. The second-order valence-electron chi connectivity index (χ2n) is 5.86. The Labute approximate surface area is 159 Å². The second kappa shape index (κ2) is 8.79. The lowest BCUT2D eigenvalue weighted by atomic mass is 10.2. The highest BCUT2D eigenvalue weighted by Crippen LogP contribution is 2.15. The van der Waals surface area contributed by atoms with Crippen molar-refractivity contribution >= 4 is 27.6 Å². The van der Waals surface area contributed by atoms with Crippen molar-refractivity contribution in [3.8, 4) is 0 Å². The number of amides is 1. The first kappa shape index (κ1) is 20.6. The van der Waals surface area contributed by atoms with Crippen molar-refractivity contribution in [1.29, 1.82) is 0 Å². The van der Waals surface area contributed by atoms with Crippen LogP contribution in [0.3, 0.4) is 0 Å². The Hall–Kier alpha value is -2.71. The van der Waals surface area contributed by atoms with E-state index in [0.717, 1.165) is 9.99 Å². The van der Waals surface area contributed by atoms with Gasteiger partial charge >= 0.3 is 5.97 Å². The summed E-state index contributed by atoms with van der Waals surface area (Å²) in [5.41, 5.74) is 0.891. The second-order valence-corrected chi connectivity index (χ2v) is 8.01. The number of likely N-dealkylation sites (N-methyl/N-ethyl adjacent to an activating group) is 1. The zero-order valence-electron chi connectivity index (χ0n) is 15.5. The first-order valence-electron chi connectivity index (χ1n) is 8.32. The number of anilines is 1. The Morgan fingerprint density at radius 3 is 2.07 bits per heavy atom. The van der Waals surface area contributed by atoms with Gasteiger partial charge < -0.3 is 9.64 Å². The van der Waals surface area contributed by atoms with Crippen LogP contribution >= 0.6 is 0 Å². The lowest BCUT2D eigenvalue weighted by molar-refractivity contribution is -0.121. The van der Waals surface area contributed by atoms with E-state index in [4.69, 9.17) is 4.74 Å². The van der Waals surface area contributed by atoms with Gasteiger partial charge in [0.2, 0.25) is 10.0 Å². The minimum Gasteiger partial charge on any atom is -0.452 e. The Bertz CT molecular complexity index is 893. The van der Waals surface area contributed by atoms with Crippen LogP contribution in [-0.2, 0) is 19.6 Å². The van der Waals surface area contributed by atoms with Gasteiger partial charge in [-0.3, -0.25) is 4.79 Å². The first-order valence-corrected chi connectivity index (χ1v) is 9.76. The van der Waals surface area contributed by atoms with Gasteiger partial charge in [0.25, 0.3) is 5.91 Å². The summed E-state index contributed by atoms with van der Waals surface area (Å²) < 4.78 is 30.2. The predicted octanol–water partition coefficient (Wildman–Crippen LogP) is 2.15. The predicted molar refractivity (Wildman–Crippen MR) is 102 cm³/mol. The minimum absolute atomic E-state index is 0.0707. The number of carbonyl (C=O) groups is 2. The van der Waals surface area contributed by atoms with Crippen molar-refractivity contribution in [3.63, 3.8) is 0 Å². The lowest BCUT2D eigenvalue weighted by Gasteiger charge is -2.20. The van der Waals surface area contributed by atoms with Gasteiger partial charge in [0, 0.05) is 26.3 Å². The summed E-state index contributed by atoms with van der Waals surface area (Å²) in [7, 11) is -0.718. The molecule has 0 atom stereocenters. The van der Waals surface area contributed by atoms with Crippen LogP contribution in [0.5, 0.6) is 0 Å². The highest BCUT2D eigenvalue weighted by molar-refractivity contribution is 7.89. The molecule has 0 aromatic heterocycles. The monoisotopic (exact) mass is 390 g/mol. The summed E-state index contributed by atoms with van der Waals surface area (Å²) in [6, 6.07) is 14.5. The van der Waals surface area contributed by atoms with E-state index in [-0.39, 0.29) is 16.4 Å². The highest BCUT2D eigenvalue weighted by Gasteiger charge is 2.19. The van der Waals surface area contributed by atoms with E-state index in [2.05, 4.69) is 0 Å². The third-order valence-electron chi connectivity index (χ3n) is 3.88. The standard InChI is InChI=1S/C19H22N2O5S/c1-4-21(16-8-6-5-7-9-16)18(22)14-26-19(23)15-10-12-17(13-11-15)27(24,25)20(2)3/h5-13H,4,14H2,1-3H3. The van der Waals surface area contributed by atoms with E-state index in [1.165, 1.54) is 43.3 Å². The number of esters is 1. The minimum atomic E-state index is -3.57. The number of hydrogen-bond acceptors (Lipinski definition) is 5. The SMILES string of the molecule is CCN(C(=O)COC(=O)c1ccc(S(=O)(=O)N(C)C)cc1)c1ccccc1. The van der Waals surface area contributed by atoms with Crippen LogP contribution in [0.15, 0.2) is 59.5 Å². The molecule has 0 fully saturated rings. The van der Waals surface area contributed by atoms with Gasteiger partial charge in [-0.05, 0) is 43.3 Å². The topological polar surface area (TPSA) is 84.0 Å². The van der Waals surface area contributed by atoms with E-state index >= 15 is 0 Å². The molecule has 8 heteroatoms. The van der Waals surface area contributed by atoms with E-state index in [9.17, 15) is 18.0 Å². The summed E-state index contributed by atoms with van der Waals surface area (Å²) in [5, 5.41) is 0. The number of sulfonamides is 1. The molecule has 0 bridgehead atoms. The molecular weight excluding hydrogens is 368 g/mol. The van der Waals surface area contributed by atoms with Gasteiger partial charge in [-0.15, -0.1) is 0 Å². The van der Waals surface area contributed by atoms with E-state index in [1.807, 2.05) is 25.1 Å². The zero-order valence-corrected chi connectivity index (χ0v) is 16.3. The van der Waals surface area contributed by atoms with Crippen LogP contribution in [0.4, 0.5) is 5.69 Å². The molecule has 27 heavy (non-hydrogen) atoms. The van der Waals surface area contributed by atoms with Crippen molar-refractivity contribution in [2.24, 2.45) is 0 Å². The highest BCUT2D eigenvalue weighted by atomic mass is 32.2. The molecule has 0 unspecified atom stereocenters. The van der Waals surface area contributed by atoms with Gasteiger partial charge in [-0.1, -0.05) is 18.2 Å². The molecule has 7 nitrogen and oxygen atoms in total. The molecule has 144 valence electrons. The van der Waals surface area contributed by atoms with E-state index < -0.39 is 22.6 Å². The third-order valence-corrected chi connectivity index (χ3v) is 5.71. The Morgan fingerprint density at radius 1 is 0.963 bits per heavy atom. The van der Waals surface area contributed by atoms with Crippen LogP contribution in [0, 0.1) is 0 Å². The summed E-state index contributed by atoms with van der Waals surface area (Å²) in [6.07, 6.45) is 0. The Balaban J connectivity index is 2.02. The molecule has 1 amide bonds. The molecule has 2 aromatic rings. The van der Waals surface area contributed by atoms with Crippen molar-refractivity contribution in [3.05, 3.63) is 60.2 Å². The van der Waals surface area contributed by atoms with Gasteiger partial charge in [0.05, 0.1) is 10.5 Å². The maximum atomic E-state index is 12.3. The number of benzene rings is 2. The number of rotatable bonds is 7. The third kappa shape index (κ3) is 4.93. The van der Waals surface area contributed by atoms with Crippen molar-refractivity contribution in [1.82, 2.24) is 4.31 Å². The molecule has 0 saturated heterocycles. The molecule has 0 spiro atoms. The Morgan fingerprint density at radius 2 is 1.56 bits per heavy atom. The molecule has 0 aliphatic rings. The number of nitrogens with zero attached hydrogens (tertiary/aromatic N) is 2.